The van der Waals surface area contributed by atoms with Crippen molar-refractivity contribution in [2.45, 2.75) is 31.5 Å². The van der Waals surface area contributed by atoms with Gasteiger partial charge in [-0.15, -0.1) is 0 Å². The normalized spacial score (nSPS) is 13.8. The number of hydrogen-bond donors (Lipinski definition) is 4. The molecule has 9 heteroatoms. The second-order valence-corrected chi connectivity index (χ2v) is 14.9. The summed E-state index contributed by atoms with van der Waals surface area (Å²) in [6, 6.07) is 7.09. The molecule has 6 nitrogen and oxygen atoms in total. The van der Waals surface area contributed by atoms with Gasteiger partial charge in [-0.1, -0.05) is 49.1 Å². The summed E-state index contributed by atoms with van der Waals surface area (Å²) in [5, 5.41) is -0.906. The van der Waals surface area contributed by atoms with Gasteiger partial charge in [0.05, 0.1) is 8.07 Å². The minimum atomic E-state index is -4.87. The van der Waals surface area contributed by atoms with Crippen LogP contribution >= 0.6 is 15.2 Å². The maximum Gasteiger partial charge on any atom is 0.341 e. The molecule has 0 saturated heterocycles. The van der Waals surface area contributed by atoms with Crippen molar-refractivity contribution in [2.24, 2.45) is 0 Å². The van der Waals surface area contributed by atoms with Crippen LogP contribution in [0.2, 0.25) is 19.6 Å². The summed E-state index contributed by atoms with van der Waals surface area (Å²) in [6.07, 6.45) is -0.340. The van der Waals surface area contributed by atoms with Crippen molar-refractivity contribution in [3.8, 4) is 0 Å². The highest BCUT2D eigenvalue weighted by molar-refractivity contribution is 7.70. The molecule has 1 aromatic rings. The van der Waals surface area contributed by atoms with Gasteiger partial charge in [-0.25, -0.2) is 0 Å². The summed E-state index contributed by atoms with van der Waals surface area (Å²) in [5.41, 5.74) is 0.529. The molecule has 0 amide bonds. The summed E-state index contributed by atoms with van der Waals surface area (Å²) in [5.74, 6) is 0. The van der Waals surface area contributed by atoms with Crippen molar-refractivity contribution in [1.82, 2.24) is 0 Å². The van der Waals surface area contributed by atoms with Crippen LogP contribution in [0.5, 0.6) is 0 Å². The second-order valence-electron chi connectivity index (χ2n) is 5.81. The molecule has 0 aliphatic heterocycles. The zero-order chi connectivity index (χ0) is 15.8. The highest BCUT2D eigenvalue weighted by Gasteiger charge is 2.43. The molecule has 0 aromatic heterocycles. The molecule has 0 fully saturated rings. The lowest BCUT2D eigenvalue weighted by Crippen LogP contribution is -2.37. The predicted molar refractivity (Wildman–Crippen MR) is 81.0 cm³/mol. The van der Waals surface area contributed by atoms with Gasteiger partial charge in [0, 0.05) is 0 Å². The summed E-state index contributed by atoms with van der Waals surface area (Å²) in [4.78, 5) is 36.5. The first-order valence-electron chi connectivity index (χ1n) is 6.01. The van der Waals surface area contributed by atoms with Gasteiger partial charge >= 0.3 is 15.2 Å². The molecular weight excluding hydrogens is 318 g/mol. The van der Waals surface area contributed by atoms with Crippen LogP contribution in [-0.4, -0.2) is 33.0 Å². The predicted octanol–water partition coefficient (Wildman–Crippen LogP) is 1.46. The van der Waals surface area contributed by atoms with E-state index < -0.39 is 28.7 Å². The molecule has 20 heavy (non-hydrogen) atoms. The van der Waals surface area contributed by atoms with Crippen LogP contribution in [0.3, 0.4) is 0 Å². The Kier molecular flexibility index (Phi) is 5.20. The Morgan fingerprint density at radius 2 is 1.55 bits per heavy atom. The molecule has 0 bridgehead atoms. The van der Waals surface area contributed by atoms with Gasteiger partial charge in [0.1, 0.15) is 0 Å². The average molecular weight is 338 g/mol. The Hall–Kier alpha value is -0.263. The van der Waals surface area contributed by atoms with Crippen LogP contribution in [-0.2, 0) is 15.6 Å². The van der Waals surface area contributed by atoms with Crippen LogP contribution in [0.4, 0.5) is 0 Å². The van der Waals surface area contributed by atoms with Gasteiger partial charge < -0.3 is 19.6 Å². The number of hydrogen-bond acceptors (Lipinski definition) is 2. The minimum absolute atomic E-state index is 0.340. The lowest BCUT2D eigenvalue weighted by atomic mass is 10.2. The lowest BCUT2D eigenvalue weighted by molar-refractivity contribution is 0.338. The maximum absolute atomic E-state index is 11.3. The van der Waals surface area contributed by atoms with E-state index in [1.54, 1.807) is 18.2 Å². The Labute approximate surface area is 119 Å². The molecule has 0 unspecified atom stereocenters. The second kappa shape index (κ2) is 5.85. The first-order valence-corrected chi connectivity index (χ1v) is 12.9. The van der Waals surface area contributed by atoms with Crippen molar-refractivity contribution in [3.05, 3.63) is 29.8 Å². The molecule has 4 N–H and O–H groups in total. The standard InChI is InChI=1S/C11H20O6P2Si/c1-20(2,3)10-6-4-5-9(7-10)8-11(18(12,13)14)19(15,16)17/h4-7,11H,8H2,1-3H3,(H2,12,13,14)(H2,15,16,17). The quantitative estimate of drug-likeness (QED) is 0.477. The van der Waals surface area contributed by atoms with Gasteiger partial charge in [-0.2, -0.15) is 0 Å². The fourth-order valence-corrected chi connectivity index (χ4v) is 5.49. The van der Waals surface area contributed by atoms with E-state index in [9.17, 15) is 9.13 Å². The number of benzene rings is 1. The SMILES string of the molecule is C[Si](C)(C)c1cccc(CC(P(=O)(O)O)P(=O)(O)O)c1. The van der Waals surface area contributed by atoms with E-state index >= 15 is 0 Å². The Morgan fingerprint density at radius 1 is 1.05 bits per heavy atom. The van der Waals surface area contributed by atoms with Crippen molar-refractivity contribution in [3.63, 3.8) is 0 Å². The highest BCUT2D eigenvalue weighted by atomic mass is 31.2. The van der Waals surface area contributed by atoms with Gasteiger partial charge in [0.15, 0.2) is 5.40 Å². The fraction of sp³-hybridized carbons (Fsp3) is 0.455. The van der Waals surface area contributed by atoms with Gasteiger partial charge in [-0.3, -0.25) is 9.13 Å². The molecule has 0 heterocycles. The summed E-state index contributed by atoms with van der Waals surface area (Å²) >= 11 is 0. The topological polar surface area (TPSA) is 115 Å². The maximum atomic E-state index is 11.3. The minimum Gasteiger partial charge on any atom is -0.324 e. The van der Waals surface area contributed by atoms with E-state index in [-0.39, 0.29) is 6.42 Å². The molecule has 0 spiro atoms. The van der Waals surface area contributed by atoms with Crippen LogP contribution in [0.1, 0.15) is 5.56 Å². The molecule has 114 valence electrons. The molecule has 1 aromatic carbocycles. The Morgan fingerprint density at radius 3 is 1.95 bits per heavy atom. The van der Waals surface area contributed by atoms with Crippen LogP contribution in [0.25, 0.3) is 0 Å². The largest absolute Gasteiger partial charge is 0.341 e. The van der Waals surface area contributed by atoms with E-state index in [2.05, 4.69) is 19.6 Å². The monoisotopic (exact) mass is 338 g/mol. The van der Waals surface area contributed by atoms with E-state index in [4.69, 9.17) is 19.6 Å². The van der Waals surface area contributed by atoms with E-state index in [0.717, 1.165) is 5.19 Å². The third kappa shape index (κ3) is 4.93. The van der Waals surface area contributed by atoms with Crippen LogP contribution in [0, 0.1) is 0 Å². The van der Waals surface area contributed by atoms with E-state index in [1.807, 2.05) is 6.07 Å². The lowest BCUT2D eigenvalue weighted by Gasteiger charge is -2.21. The van der Waals surface area contributed by atoms with E-state index in [0.29, 0.717) is 5.56 Å². The summed E-state index contributed by atoms with van der Waals surface area (Å²) in [7, 11) is -11.3. The zero-order valence-electron chi connectivity index (χ0n) is 11.6. The van der Waals surface area contributed by atoms with Crippen LogP contribution in [0.15, 0.2) is 24.3 Å². The molecular formula is C11H20O6P2Si. The molecule has 0 atom stereocenters. The van der Waals surface area contributed by atoms with Crippen molar-refractivity contribution >= 4 is 28.5 Å². The molecule has 0 aliphatic rings. The summed E-state index contributed by atoms with van der Waals surface area (Å²) < 4.78 is 22.6. The van der Waals surface area contributed by atoms with Crippen molar-refractivity contribution in [2.75, 3.05) is 0 Å². The Balaban J connectivity index is 3.14. The van der Waals surface area contributed by atoms with Crippen LogP contribution < -0.4 is 5.19 Å². The summed E-state index contributed by atoms with van der Waals surface area (Å²) in [6.45, 7) is 6.36. The molecule has 0 radical (unpaired) electrons. The van der Waals surface area contributed by atoms with Gasteiger partial charge in [-0.05, 0) is 12.0 Å². The highest BCUT2D eigenvalue weighted by Crippen LogP contribution is 2.60. The first kappa shape index (κ1) is 17.8. The van der Waals surface area contributed by atoms with E-state index in [1.165, 1.54) is 0 Å². The molecule has 1 rings (SSSR count). The smallest absolute Gasteiger partial charge is 0.324 e. The molecule has 0 saturated carbocycles. The average Bonchev–Trinajstić information content (AvgIpc) is 2.22. The van der Waals surface area contributed by atoms with Gasteiger partial charge in [0.25, 0.3) is 0 Å². The Bertz CT molecular complexity index is 549. The first-order chi connectivity index (χ1) is 8.82. The van der Waals surface area contributed by atoms with Crippen molar-refractivity contribution < 1.29 is 28.7 Å². The molecule has 0 aliphatic carbocycles. The number of rotatable bonds is 5. The third-order valence-corrected chi connectivity index (χ3v) is 8.75. The fourth-order valence-electron chi connectivity index (χ4n) is 1.81. The zero-order valence-corrected chi connectivity index (χ0v) is 14.4. The van der Waals surface area contributed by atoms with Gasteiger partial charge in [0.2, 0.25) is 0 Å². The van der Waals surface area contributed by atoms with Crippen molar-refractivity contribution in [1.29, 1.82) is 0 Å². The third-order valence-electron chi connectivity index (χ3n) is 2.99.